The second-order valence-electron chi connectivity index (χ2n) is 4.12. The van der Waals surface area contributed by atoms with Crippen molar-refractivity contribution in [1.29, 1.82) is 0 Å². The van der Waals surface area contributed by atoms with E-state index >= 15 is 0 Å². The summed E-state index contributed by atoms with van der Waals surface area (Å²) in [5.74, 6) is 0.423. The van der Waals surface area contributed by atoms with Gasteiger partial charge in [-0.2, -0.15) is 0 Å². The average molecular weight is 249 g/mol. The molecule has 0 aliphatic rings. The standard InChI is InChI=1S/C14H16FNO2/c1-10(16-8-11-5-6-18-9-11)13-7-12(15)3-4-14(13)17-2/h3-7,9-10,16H,8H2,1-2H3. The normalized spacial score (nSPS) is 12.4. The lowest BCUT2D eigenvalue weighted by Crippen LogP contribution is -2.18. The van der Waals surface area contributed by atoms with Crippen LogP contribution < -0.4 is 10.1 Å². The van der Waals surface area contributed by atoms with E-state index in [0.29, 0.717) is 12.3 Å². The summed E-state index contributed by atoms with van der Waals surface area (Å²) in [6, 6.07) is 6.41. The molecule has 0 bridgehead atoms. The van der Waals surface area contributed by atoms with E-state index in [1.165, 1.54) is 12.1 Å². The Balaban J connectivity index is 2.08. The first-order valence-electron chi connectivity index (χ1n) is 5.78. The number of nitrogens with one attached hydrogen (secondary N) is 1. The molecule has 0 aliphatic heterocycles. The van der Waals surface area contributed by atoms with E-state index < -0.39 is 0 Å². The van der Waals surface area contributed by atoms with Gasteiger partial charge < -0.3 is 14.5 Å². The van der Waals surface area contributed by atoms with Gasteiger partial charge in [0.05, 0.1) is 19.6 Å². The average Bonchev–Trinajstić information content (AvgIpc) is 2.89. The number of furan rings is 1. The second-order valence-corrected chi connectivity index (χ2v) is 4.12. The zero-order chi connectivity index (χ0) is 13.0. The maximum absolute atomic E-state index is 13.3. The molecule has 3 nitrogen and oxygen atoms in total. The lowest BCUT2D eigenvalue weighted by Gasteiger charge is -2.17. The van der Waals surface area contributed by atoms with Crippen molar-refractivity contribution in [2.75, 3.05) is 7.11 Å². The molecular weight excluding hydrogens is 233 g/mol. The van der Waals surface area contributed by atoms with Crippen LogP contribution in [0.3, 0.4) is 0 Å². The number of methoxy groups -OCH3 is 1. The fraction of sp³-hybridized carbons (Fsp3) is 0.286. The van der Waals surface area contributed by atoms with E-state index in [4.69, 9.17) is 9.15 Å². The smallest absolute Gasteiger partial charge is 0.123 e. The third-order valence-electron chi connectivity index (χ3n) is 2.85. The van der Waals surface area contributed by atoms with Crippen molar-refractivity contribution in [3.8, 4) is 5.75 Å². The summed E-state index contributed by atoms with van der Waals surface area (Å²) in [5, 5.41) is 3.30. The minimum Gasteiger partial charge on any atom is -0.496 e. The summed E-state index contributed by atoms with van der Waals surface area (Å²) in [6.07, 6.45) is 3.31. The van der Waals surface area contributed by atoms with Crippen LogP contribution in [-0.2, 0) is 6.54 Å². The molecule has 1 heterocycles. The van der Waals surface area contributed by atoms with Crippen molar-refractivity contribution in [2.24, 2.45) is 0 Å². The van der Waals surface area contributed by atoms with Crippen LogP contribution in [0, 0.1) is 5.82 Å². The monoisotopic (exact) mass is 249 g/mol. The number of ether oxygens (including phenoxy) is 1. The molecule has 0 amide bonds. The van der Waals surface area contributed by atoms with Crippen LogP contribution in [0.25, 0.3) is 0 Å². The summed E-state index contributed by atoms with van der Waals surface area (Å²) >= 11 is 0. The topological polar surface area (TPSA) is 34.4 Å². The Morgan fingerprint density at radius 3 is 2.89 bits per heavy atom. The van der Waals surface area contributed by atoms with Gasteiger partial charge in [-0.05, 0) is 31.2 Å². The third-order valence-corrected chi connectivity index (χ3v) is 2.85. The van der Waals surface area contributed by atoms with Gasteiger partial charge in [-0.1, -0.05) is 0 Å². The summed E-state index contributed by atoms with van der Waals surface area (Å²) < 4.78 is 23.5. The molecular formula is C14H16FNO2. The Labute approximate surface area is 106 Å². The molecule has 0 fully saturated rings. The molecule has 0 saturated heterocycles. The van der Waals surface area contributed by atoms with Crippen molar-refractivity contribution >= 4 is 0 Å². The SMILES string of the molecule is COc1ccc(F)cc1C(C)NCc1ccoc1. The molecule has 18 heavy (non-hydrogen) atoms. The number of rotatable bonds is 5. The van der Waals surface area contributed by atoms with E-state index in [1.807, 2.05) is 13.0 Å². The van der Waals surface area contributed by atoms with Crippen LogP contribution in [0.1, 0.15) is 24.1 Å². The Bertz CT molecular complexity index is 497. The summed E-state index contributed by atoms with van der Waals surface area (Å²) in [6.45, 7) is 2.63. The minimum atomic E-state index is -0.261. The number of halogens is 1. The Kier molecular flexibility index (Phi) is 3.99. The van der Waals surface area contributed by atoms with Crippen LogP contribution in [-0.4, -0.2) is 7.11 Å². The third kappa shape index (κ3) is 2.90. The zero-order valence-corrected chi connectivity index (χ0v) is 10.4. The lowest BCUT2D eigenvalue weighted by atomic mass is 10.1. The minimum absolute atomic E-state index is 0.00875. The van der Waals surface area contributed by atoms with E-state index in [9.17, 15) is 4.39 Å². The summed E-state index contributed by atoms with van der Waals surface area (Å²) in [5.41, 5.74) is 1.86. The number of hydrogen-bond donors (Lipinski definition) is 1. The molecule has 2 rings (SSSR count). The van der Waals surface area contributed by atoms with Crippen molar-refractivity contribution in [3.63, 3.8) is 0 Å². The van der Waals surface area contributed by atoms with Crippen molar-refractivity contribution < 1.29 is 13.5 Å². The maximum atomic E-state index is 13.3. The van der Waals surface area contributed by atoms with Gasteiger partial charge in [0.1, 0.15) is 11.6 Å². The number of benzene rings is 1. The largest absolute Gasteiger partial charge is 0.496 e. The Morgan fingerprint density at radius 2 is 2.22 bits per heavy atom. The molecule has 2 aromatic rings. The van der Waals surface area contributed by atoms with Gasteiger partial charge in [0.2, 0.25) is 0 Å². The van der Waals surface area contributed by atoms with Gasteiger partial charge in [0.25, 0.3) is 0 Å². The fourth-order valence-corrected chi connectivity index (χ4v) is 1.82. The first-order chi connectivity index (χ1) is 8.70. The highest BCUT2D eigenvalue weighted by atomic mass is 19.1. The van der Waals surface area contributed by atoms with E-state index in [2.05, 4.69) is 5.32 Å². The quantitative estimate of drug-likeness (QED) is 0.883. The first-order valence-corrected chi connectivity index (χ1v) is 5.78. The van der Waals surface area contributed by atoms with Crippen LogP contribution in [0.2, 0.25) is 0 Å². The maximum Gasteiger partial charge on any atom is 0.123 e. The van der Waals surface area contributed by atoms with E-state index in [1.54, 1.807) is 25.7 Å². The van der Waals surface area contributed by atoms with Gasteiger partial charge >= 0.3 is 0 Å². The summed E-state index contributed by atoms with van der Waals surface area (Å²) in [7, 11) is 1.58. The molecule has 1 aromatic heterocycles. The molecule has 1 unspecified atom stereocenters. The molecule has 1 atom stereocenters. The molecule has 0 saturated carbocycles. The summed E-state index contributed by atoms with van der Waals surface area (Å²) in [4.78, 5) is 0. The molecule has 0 aliphatic carbocycles. The first kappa shape index (κ1) is 12.6. The van der Waals surface area contributed by atoms with Crippen LogP contribution in [0.15, 0.2) is 41.2 Å². The predicted molar refractivity (Wildman–Crippen MR) is 66.9 cm³/mol. The molecule has 0 spiro atoms. The van der Waals surface area contributed by atoms with Gasteiger partial charge in [-0.3, -0.25) is 0 Å². The highest BCUT2D eigenvalue weighted by Crippen LogP contribution is 2.25. The van der Waals surface area contributed by atoms with Crippen molar-refractivity contribution in [2.45, 2.75) is 19.5 Å². The zero-order valence-electron chi connectivity index (χ0n) is 10.4. The van der Waals surface area contributed by atoms with Crippen molar-refractivity contribution in [3.05, 3.63) is 53.7 Å². The van der Waals surface area contributed by atoms with Crippen LogP contribution >= 0.6 is 0 Å². The molecule has 96 valence electrons. The highest BCUT2D eigenvalue weighted by molar-refractivity contribution is 5.36. The molecule has 1 aromatic carbocycles. The van der Waals surface area contributed by atoms with E-state index in [-0.39, 0.29) is 11.9 Å². The predicted octanol–water partition coefficient (Wildman–Crippen LogP) is 3.28. The molecule has 0 radical (unpaired) electrons. The second kappa shape index (κ2) is 5.69. The highest BCUT2D eigenvalue weighted by Gasteiger charge is 2.12. The molecule has 4 heteroatoms. The number of hydrogen-bond acceptors (Lipinski definition) is 3. The van der Waals surface area contributed by atoms with E-state index in [0.717, 1.165) is 11.1 Å². The fourth-order valence-electron chi connectivity index (χ4n) is 1.82. The van der Waals surface area contributed by atoms with Crippen LogP contribution in [0.5, 0.6) is 5.75 Å². The molecule has 1 N–H and O–H groups in total. The Hall–Kier alpha value is -1.81. The van der Waals surface area contributed by atoms with Gasteiger partial charge in [0, 0.05) is 23.7 Å². The van der Waals surface area contributed by atoms with Gasteiger partial charge in [0.15, 0.2) is 0 Å². The van der Waals surface area contributed by atoms with Gasteiger partial charge in [-0.15, -0.1) is 0 Å². The van der Waals surface area contributed by atoms with Crippen LogP contribution in [0.4, 0.5) is 4.39 Å². The van der Waals surface area contributed by atoms with Crippen molar-refractivity contribution in [1.82, 2.24) is 5.32 Å². The lowest BCUT2D eigenvalue weighted by molar-refractivity contribution is 0.399. The Morgan fingerprint density at radius 1 is 1.39 bits per heavy atom. The van der Waals surface area contributed by atoms with Gasteiger partial charge in [-0.25, -0.2) is 4.39 Å².